The van der Waals surface area contributed by atoms with E-state index in [1.165, 1.54) is 71.1 Å². The maximum absolute atomic E-state index is 15.5. The van der Waals surface area contributed by atoms with Gasteiger partial charge in [-0.05, 0) is 152 Å². The first-order chi connectivity index (χ1) is 50.1. The van der Waals surface area contributed by atoms with Crippen LogP contribution in [0.3, 0.4) is 0 Å². The summed E-state index contributed by atoms with van der Waals surface area (Å²) in [6.07, 6.45) is -15.8. The van der Waals surface area contributed by atoms with Crippen LogP contribution in [0.5, 0.6) is 0 Å². The highest BCUT2D eigenvalue weighted by molar-refractivity contribution is 6.01. The van der Waals surface area contributed by atoms with Crippen molar-refractivity contribution >= 4 is 70.9 Å². The number of fused-ring (bicyclic) bond motifs is 3. The number of ether oxygens (including phenoxy) is 1. The van der Waals surface area contributed by atoms with Gasteiger partial charge in [0.25, 0.3) is 0 Å². The average Bonchev–Trinajstić information content (AvgIpc) is 1.71. The molecule has 0 aromatic rings. The van der Waals surface area contributed by atoms with E-state index in [9.17, 15) is 55.1 Å². The number of carbonyl (C=O) groups excluding carboxylic acids is 12. The Kier molecular flexibility index (Phi) is 30.3. The standard InChI is InChI=1S/C74H116F8N12O13/c1-14-43(5)61-69(104)88(9)41-59(97)89(10)52-23-18-19-32-93(68(52)103)56(36-44-24-27-47(28-25-44)73(77,78)79)67(102)87(8)40-57(95)83-51(29-26-45-34-49(75)60(50(76)35-45)74(80,81)82)65(100)94-39-48(107-15-2)37-54(94)64(99)85-72(30-20-31-72)71(106)92(13)62(46-21-16-17-22-46)70(105)91(12)55(66(101)86(6)7)38-58(96)90(11)53(33-42(3)4)63(98)84-61/h42-56,60-62H,14-41H2,1-13H3,(H,83,95)(H,84,98)(H,85,99)/t43-,44?,45?,47?,48+,49?,50?,51-,52-,53-,54-,55-,56-,60?,61-,62-/m0/s1. The highest BCUT2D eigenvalue weighted by atomic mass is 19.4. The Bertz CT molecular complexity index is 3160. The van der Waals surface area contributed by atoms with Gasteiger partial charge in [0.05, 0.1) is 31.5 Å². The zero-order chi connectivity index (χ0) is 79.6. The van der Waals surface area contributed by atoms with E-state index in [1.807, 2.05) is 13.8 Å². The monoisotopic (exact) mass is 1530 g/mol. The van der Waals surface area contributed by atoms with Gasteiger partial charge in [-0.15, -0.1) is 0 Å². The van der Waals surface area contributed by atoms with Crippen LogP contribution in [0.2, 0.25) is 0 Å². The molecule has 33 heteroatoms. The number of rotatable bonds is 13. The number of carbonyl (C=O) groups is 12. The molecule has 2 bridgehead atoms. The van der Waals surface area contributed by atoms with Gasteiger partial charge in [-0.3, -0.25) is 57.5 Å². The molecule has 3 N–H and O–H groups in total. The van der Waals surface area contributed by atoms with Crippen LogP contribution in [0.4, 0.5) is 35.1 Å². The molecule has 7 fully saturated rings. The van der Waals surface area contributed by atoms with Crippen molar-refractivity contribution in [2.24, 2.45) is 41.4 Å². The Balaban J connectivity index is 1.32. The van der Waals surface area contributed by atoms with Gasteiger partial charge in [-0.25, -0.2) is 8.78 Å². The van der Waals surface area contributed by atoms with E-state index in [0.29, 0.717) is 44.9 Å². The van der Waals surface area contributed by atoms with Gasteiger partial charge >= 0.3 is 12.4 Å². The van der Waals surface area contributed by atoms with Gasteiger partial charge in [0.1, 0.15) is 72.1 Å². The molecule has 12 amide bonds. The van der Waals surface area contributed by atoms with Crippen LogP contribution in [-0.2, 0) is 62.3 Å². The third-order valence-electron chi connectivity index (χ3n) is 24.0. The molecule has 1 spiro atoms. The lowest BCUT2D eigenvalue weighted by atomic mass is 9.74. The molecule has 3 aliphatic heterocycles. The predicted molar refractivity (Wildman–Crippen MR) is 377 cm³/mol. The van der Waals surface area contributed by atoms with Crippen LogP contribution >= 0.6 is 0 Å². The maximum atomic E-state index is 15.5. The molecule has 2 unspecified atom stereocenters. The van der Waals surface area contributed by atoms with Crippen LogP contribution in [-0.4, -0.2) is 289 Å². The fraction of sp³-hybridized carbons (Fsp3) is 0.838. The second-order valence-electron chi connectivity index (χ2n) is 32.2. The predicted octanol–water partition coefficient (Wildman–Crippen LogP) is 6.18. The summed E-state index contributed by atoms with van der Waals surface area (Å²) in [6.45, 7) is 7.01. The van der Waals surface area contributed by atoms with Gasteiger partial charge in [0.15, 0.2) is 0 Å². The van der Waals surface area contributed by atoms with Gasteiger partial charge in [-0.2, -0.15) is 26.3 Å². The van der Waals surface area contributed by atoms with Crippen LogP contribution < -0.4 is 16.0 Å². The molecule has 4 aliphatic carbocycles. The highest BCUT2D eigenvalue weighted by Crippen LogP contribution is 2.46. The molecule has 3 heterocycles. The van der Waals surface area contributed by atoms with Gasteiger partial charge in [0, 0.05) is 82.5 Å². The van der Waals surface area contributed by atoms with E-state index in [0.717, 1.165) is 29.4 Å². The molecule has 7 rings (SSSR count). The Morgan fingerprint density at radius 1 is 0.607 bits per heavy atom. The number of nitrogens with one attached hydrogen (secondary N) is 3. The second kappa shape index (κ2) is 37.2. The van der Waals surface area contributed by atoms with E-state index in [1.54, 1.807) is 20.8 Å². The molecular formula is C74H116F8N12O13. The van der Waals surface area contributed by atoms with Crippen molar-refractivity contribution in [2.45, 2.75) is 267 Å². The minimum Gasteiger partial charge on any atom is -0.377 e. The Morgan fingerprint density at radius 2 is 1.21 bits per heavy atom. The van der Waals surface area contributed by atoms with E-state index >= 15 is 37.5 Å². The Labute approximate surface area is 623 Å². The lowest BCUT2D eigenvalue weighted by Crippen LogP contribution is -2.68. The normalized spacial score (nSPS) is 31.9. The zero-order valence-corrected chi connectivity index (χ0v) is 64.5. The van der Waals surface area contributed by atoms with Crippen molar-refractivity contribution in [1.82, 2.24) is 60.0 Å². The smallest absolute Gasteiger partial charge is 0.377 e. The molecule has 3 saturated heterocycles. The van der Waals surface area contributed by atoms with Crippen LogP contribution in [0.15, 0.2) is 0 Å². The average molecular weight is 1530 g/mol. The minimum atomic E-state index is -5.21. The third-order valence-corrected chi connectivity index (χ3v) is 24.0. The molecule has 25 nitrogen and oxygen atoms in total. The van der Waals surface area contributed by atoms with Gasteiger partial charge in [-0.1, -0.05) is 47.0 Å². The number of alkyl halides is 8. The molecule has 107 heavy (non-hydrogen) atoms. The Morgan fingerprint density at radius 3 is 1.77 bits per heavy atom. The topological polar surface area (TPSA) is 279 Å². The number of halogens is 8. The minimum absolute atomic E-state index is 0.00891. The third kappa shape index (κ3) is 21.1. The van der Waals surface area contributed by atoms with Crippen molar-refractivity contribution in [2.75, 3.05) is 89.2 Å². The van der Waals surface area contributed by atoms with Gasteiger partial charge < -0.3 is 64.8 Å². The second-order valence-corrected chi connectivity index (χ2v) is 32.2. The van der Waals surface area contributed by atoms with Crippen LogP contribution in [0.25, 0.3) is 0 Å². The summed E-state index contributed by atoms with van der Waals surface area (Å²) in [6, 6.07) is -11.2. The first-order valence-corrected chi connectivity index (χ1v) is 38.4. The van der Waals surface area contributed by atoms with Crippen molar-refractivity contribution < 1.29 is 97.4 Å². The number of hydrogen-bond acceptors (Lipinski definition) is 13. The zero-order valence-electron chi connectivity index (χ0n) is 64.5. The summed E-state index contributed by atoms with van der Waals surface area (Å²) in [5.41, 5.74) is -1.69. The van der Waals surface area contributed by atoms with Crippen molar-refractivity contribution in [1.29, 1.82) is 0 Å². The summed E-state index contributed by atoms with van der Waals surface area (Å²) >= 11 is 0. The summed E-state index contributed by atoms with van der Waals surface area (Å²) in [5, 5.41) is 8.41. The lowest BCUT2D eigenvalue weighted by molar-refractivity contribution is -0.219. The fourth-order valence-electron chi connectivity index (χ4n) is 17.1. The highest BCUT2D eigenvalue weighted by Gasteiger charge is 2.56. The molecule has 12 atom stereocenters. The fourth-order valence-corrected chi connectivity index (χ4v) is 17.1. The van der Waals surface area contributed by atoms with E-state index < -0.39 is 230 Å². The van der Waals surface area contributed by atoms with Crippen LogP contribution in [0.1, 0.15) is 182 Å². The summed E-state index contributed by atoms with van der Waals surface area (Å²) in [4.78, 5) is 191. The summed E-state index contributed by atoms with van der Waals surface area (Å²) < 4.78 is 121. The van der Waals surface area contributed by atoms with E-state index in [4.69, 9.17) is 4.74 Å². The number of nitrogens with zero attached hydrogens (tertiary/aromatic N) is 9. The van der Waals surface area contributed by atoms with Crippen molar-refractivity contribution in [3.05, 3.63) is 0 Å². The number of hydrogen-bond donors (Lipinski definition) is 3. The van der Waals surface area contributed by atoms with Crippen LogP contribution in [0, 0.1) is 41.4 Å². The molecule has 0 radical (unpaired) electrons. The van der Waals surface area contributed by atoms with Crippen molar-refractivity contribution in [3.8, 4) is 0 Å². The molecule has 606 valence electrons. The quantitative estimate of drug-likeness (QED) is 0.174. The first-order valence-electron chi connectivity index (χ1n) is 38.4. The lowest BCUT2D eigenvalue weighted by Gasteiger charge is -2.46. The summed E-state index contributed by atoms with van der Waals surface area (Å²) in [5.74, 6) is -16.9. The van der Waals surface area contributed by atoms with E-state index in [-0.39, 0.29) is 103 Å². The SMILES string of the molecule is CCO[C@@H]1C[C@H]2C(=O)NC3(CCC3)C(=O)N(C)[C@@H](C3CCCC3)C(=O)N(C)[C@H](C(=O)N(C)C)CC(=O)N(C)[C@@H](CC(C)C)C(=O)N[C@@H]([C@@H](C)CC)C(=O)N(C)CC(=O)N(C)[C@H]3CCCCN(C3=O)[C@@H](CC3CCC(C(F)(F)F)CC3)C(=O)N(C)CC(=O)N[C@@H](CCC3CC(F)C(C(F)(F)F)C(F)C3)C(=O)N2C1. The van der Waals surface area contributed by atoms with Crippen molar-refractivity contribution in [3.63, 3.8) is 0 Å². The number of amides is 12. The molecular weight excluding hydrogens is 1420 g/mol. The molecule has 7 aliphatic rings. The largest absolute Gasteiger partial charge is 0.397 e. The molecule has 0 aromatic heterocycles. The molecule has 4 saturated carbocycles. The first kappa shape index (κ1) is 87.3. The molecule has 0 aromatic carbocycles. The Hall–Kier alpha value is -6.96. The van der Waals surface area contributed by atoms with E-state index in [2.05, 4.69) is 16.0 Å². The number of likely N-dealkylation sites (N-methyl/N-ethyl adjacent to an activating group) is 7. The summed E-state index contributed by atoms with van der Waals surface area (Å²) in [7, 11) is 10.9. The van der Waals surface area contributed by atoms with Gasteiger partial charge in [0.2, 0.25) is 70.9 Å². The maximum Gasteiger partial charge on any atom is 0.397 e.